The summed E-state index contributed by atoms with van der Waals surface area (Å²) in [5, 5.41) is 3.80. The number of ether oxygens (including phenoxy) is 1. The highest BCUT2D eigenvalue weighted by Crippen LogP contribution is 2.26. The molecule has 170 valence electrons. The maximum Gasteiger partial charge on any atom is 0.261 e. The van der Waals surface area contributed by atoms with Crippen LogP contribution in [-0.2, 0) is 16.1 Å². The van der Waals surface area contributed by atoms with Crippen LogP contribution < -0.4 is 10.1 Å². The molecule has 2 amide bonds. The molecule has 0 saturated carbocycles. The van der Waals surface area contributed by atoms with Crippen molar-refractivity contribution in [2.75, 3.05) is 13.2 Å². The molecule has 0 fully saturated rings. The van der Waals surface area contributed by atoms with Crippen LogP contribution in [0, 0.1) is 0 Å². The molecule has 0 aliphatic rings. The molecule has 0 saturated heterocycles. The Morgan fingerprint density at radius 1 is 0.970 bits per heavy atom. The Morgan fingerprint density at radius 2 is 1.64 bits per heavy atom. The smallest absolute Gasteiger partial charge is 0.261 e. The Bertz CT molecular complexity index is 1090. The third kappa shape index (κ3) is 6.85. The van der Waals surface area contributed by atoms with E-state index in [1.807, 2.05) is 42.5 Å². The Balaban J connectivity index is 1.93. The second kappa shape index (κ2) is 12.1. The van der Waals surface area contributed by atoms with Crippen LogP contribution >= 0.6 is 23.2 Å². The number of nitrogens with zero attached hydrogens (tertiary/aromatic N) is 1. The van der Waals surface area contributed by atoms with Crippen LogP contribution in [0.15, 0.2) is 91.5 Å². The summed E-state index contributed by atoms with van der Waals surface area (Å²) in [7, 11) is 0. The van der Waals surface area contributed by atoms with Crippen molar-refractivity contribution in [2.24, 2.45) is 0 Å². The quantitative estimate of drug-likeness (QED) is 0.391. The van der Waals surface area contributed by atoms with Crippen molar-refractivity contribution in [3.63, 3.8) is 0 Å². The Labute approximate surface area is 203 Å². The van der Waals surface area contributed by atoms with Gasteiger partial charge in [-0.2, -0.15) is 0 Å². The van der Waals surface area contributed by atoms with Gasteiger partial charge in [0, 0.05) is 18.1 Å². The number of nitrogens with one attached hydrogen (secondary N) is 1. The number of halogens is 2. The minimum absolute atomic E-state index is 0.183. The van der Waals surface area contributed by atoms with E-state index in [0.29, 0.717) is 21.4 Å². The number of carbonyl (C=O) groups is 2. The molecule has 7 heteroatoms. The number of hydrogen-bond acceptors (Lipinski definition) is 3. The van der Waals surface area contributed by atoms with Crippen LogP contribution in [0.4, 0.5) is 0 Å². The van der Waals surface area contributed by atoms with Gasteiger partial charge in [-0.1, -0.05) is 83.9 Å². The zero-order valence-electron chi connectivity index (χ0n) is 17.9. The highest BCUT2D eigenvalue weighted by molar-refractivity contribution is 6.32. The molecule has 0 heterocycles. The van der Waals surface area contributed by atoms with Gasteiger partial charge in [-0.3, -0.25) is 9.59 Å². The van der Waals surface area contributed by atoms with Gasteiger partial charge in [0.05, 0.1) is 5.02 Å². The number of benzene rings is 3. The Kier molecular flexibility index (Phi) is 8.93. The third-order valence-corrected chi connectivity index (χ3v) is 5.43. The summed E-state index contributed by atoms with van der Waals surface area (Å²) in [5.74, 6) is -0.292. The maximum absolute atomic E-state index is 13.4. The van der Waals surface area contributed by atoms with Crippen LogP contribution in [0.25, 0.3) is 0 Å². The lowest BCUT2D eigenvalue weighted by atomic mass is 10.0. The van der Waals surface area contributed by atoms with Crippen LogP contribution in [0.1, 0.15) is 17.2 Å². The fourth-order valence-electron chi connectivity index (χ4n) is 3.27. The largest absolute Gasteiger partial charge is 0.482 e. The summed E-state index contributed by atoms with van der Waals surface area (Å²) < 4.78 is 5.69. The SMILES string of the molecule is C=CCNC(=O)[C@H](c1ccccc1)N(Cc1ccc(Cl)cc1)C(=O)COc1ccccc1Cl. The topological polar surface area (TPSA) is 58.6 Å². The number of amides is 2. The molecule has 33 heavy (non-hydrogen) atoms. The van der Waals surface area contributed by atoms with Crippen molar-refractivity contribution < 1.29 is 14.3 Å². The third-order valence-electron chi connectivity index (χ3n) is 4.87. The normalized spacial score (nSPS) is 11.3. The molecule has 0 aliphatic carbocycles. The molecule has 0 spiro atoms. The molecule has 1 N–H and O–H groups in total. The Morgan fingerprint density at radius 3 is 2.30 bits per heavy atom. The molecular formula is C26H24Cl2N2O3. The van der Waals surface area contributed by atoms with Gasteiger partial charge in [-0.25, -0.2) is 0 Å². The molecule has 3 aromatic carbocycles. The average molecular weight is 483 g/mol. The summed E-state index contributed by atoms with van der Waals surface area (Å²) in [4.78, 5) is 28.1. The van der Waals surface area contributed by atoms with E-state index < -0.39 is 6.04 Å². The monoisotopic (exact) mass is 482 g/mol. The van der Waals surface area contributed by atoms with Crippen molar-refractivity contribution in [2.45, 2.75) is 12.6 Å². The highest BCUT2D eigenvalue weighted by atomic mass is 35.5. The van der Waals surface area contributed by atoms with Gasteiger partial charge in [0.25, 0.3) is 5.91 Å². The fraction of sp³-hybridized carbons (Fsp3) is 0.154. The number of rotatable bonds is 10. The molecule has 0 unspecified atom stereocenters. The average Bonchev–Trinajstić information content (AvgIpc) is 2.83. The lowest BCUT2D eigenvalue weighted by Crippen LogP contribution is -2.45. The zero-order valence-corrected chi connectivity index (χ0v) is 19.4. The first kappa shape index (κ1) is 24.4. The molecule has 0 aromatic heterocycles. The molecular weight excluding hydrogens is 459 g/mol. The van der Waals surface area contributed by atoms with E-state index in [2.05, 4.69) is 11.9 Å². The molecule has 0 aliphatic heterocycles. The summed E-state index contributed by atoms with van der Waals surface area (Å²) in [6, 6.07) is 22.3. The first-order valence-corrected chi connectivity index (χ1v) is 11.1. The van der Waals surface area contributed by atoms with Gasteiger partial charge < -0.3 is 15.0 Å². The molecule has 3 rings (SSSR count). The van der Waals surface area contributed by atoms with Crippen molar-refractivity contribution >= 4 is 35.0 Å². The number of para-hydroxylation sites is 1. The lowest BCUT2D eigenvalue weighted by molar-refractivity contribution is -0.143. The van der Waals surface area contributed by atoms with Gasteiger partial charge in [0.2, 0.25) is 5.91 Å². The summed E-state index contributed by atoms with van der Waals surface area (Å²) in [6.45, 7) is 3.83. The van der Waals surface area contributed by atoms with Crippen LogP contribution in [0.5, 0.6) is 5.75 Å². The molecule has 0 bridgehead atoms. The predicted molar refractivity (Wildman–Crippen MR) is 131 cm³/mol. The molecule has 1 atom stereocenters. The minimum Gasteiger partial charge on any atom is -0.482 e. The summed E-state index contributed by atoms with van der Waals surface area (Å²) >= 11 is 12.2. The Hall–Kier alpha value is -3.28. The van der Waals surface area contributed by atoms with Crippen LogP contribution in [-0.4, -0.2) is 29.9 Å². The van der Waals surface area contributed by atoms with Gasteiger partial charge in [-0.15, -0.1) is 6.58 Å². The van der Waals surface area contributed by atoms with Crippen LogP contribution in [0.2, 0.25) is 10.0 Å². The van der Waals surface area contributed by atoms with E-state index >= 15 is 0 Å². The van der Waals surface area contributed by atoms with Gasteiger partial charge in [-0.05, 0) is 35.4 Å². The number of hydrogen-bond donors (Lipinski definition) is 1. The zero-order chi connectivity index (χ0) is 23.6. The first-order valence-electron chi connectivity index (χ1n) is 10.3. The van der Waals surface area contributed by atoms with E-state index in [0.717, 1.165) is 5.56 Å². The highest BCUT2D eigenvalue weighted by Gasteiger charge is 2.31. The molecule has 0 radical (unpaired) electrons. The van der Waals surface area contributed by atoms with Gasteiger partial charge in [0.1, 0.15) is 11.8 Å². The van der Waals surface area contributed by atoms with E-state index in [-0.39, 0.29) is 31.5 Å². The molecule has 3 aromatic rings. The van der Waals surface area contributed by atoms with E-state index in [9.17, 15) is 9.59 Å². The minimum atomic E-state index is -0.871. The summed E-state index contributed by atoms with van der Waals surface area (Å²) in [5.41, 5.74) is 1.50. The van der Waals surface area contributed by atoms with E-state index in [4.69, 9.17) is 27.9 Å². The second-order valence-electron chi connectivity index (χ2n) is 7.21. The van der Waals surface area contributed by atoms with Crippen LogP contribution in [0.3, 0.4) is 0 Å². The van der Waals surface area contributed by atoms with E-state index in [1.165, 1.54) is 4.90 Å². The second-order valence-corrected chi connectivity index (χ2v) is 8.06. The van der Waals surface area contributed by atoms with Crippen molar-refractivity contribution in [3.8, 4) is 5.75 Å². The maximum atomic E-state index is 13.4. The predicted octanol–water partition coefficient (Wildman–Crippen LogP) is 5.44. The lowest BCUT2D eigenvalue weighted by Gasteiger charge is -2.31. The molecule has 5 nitrogen and oxygen atoms in total. The van der Waals surface area contributed by atoms with Crippen molar-refractivity contribution in [1.29, 1.82) is 0 Å². The van der Waals surface area contributed by atoms with Gasteiger partial charge in [0.15, 0.2) is 6.61 Å². The van der Waals surface area contributed by atoms with Crippen molar-refractivity contribution in [3.05, 3.63) is 113 Å². The standard InChI is InChI=1S/C26H24Cl2N2O3/c1-2-16-29-26(32)25(20-8-4-3-5-9-20)30(17-19-12-14-21(27)15-13-19)24(31)18-33-23-11-7-6-10-22(23)28/h2-15,25H,1,16-18H2,(H,29,32)/t25-/m0/s1. The van der Waals surface area contributed by atoms with E-state index in [1.54, 1.807) is 42.5 Å². The number of carbonyl (C=O) groups excluding carboxylic acids is 2. The first-order chi connectivity index (χ1) is 16.0. The fourth-order valence-corrected chi connectivity index (χ4v) is 3.59. The summed E-state index contributed by atoms with van der Waals surface area (Å²) in [6.07, 6.45) is 1.59. The van der Waals surface area contributed by atoms with Crippen molar-refractivity contribution in [1.82, 2.24) is 10.2 Å². The van der Waals surface area contributed by atoms with Gasteiger partial charge >= 0.3 is 0 Å².